The van der Waals surface area contributed by atoms with E-state index in [-0.39, 0.29) is 24.4 Å². The molecule has 0 bridgehead atoms. The van der Waals surface area contributed by atoms with E-state index in [0.717, 1.165) is 24.5 Å². The van der Waals surface area contributed by atoms with Gasteiger partial charge < -0.3 is 14.9 Å². The summed E-state index contributed by atoms with van der Waals surface area (Å²) >= 11 is 0. The largest absolute Gasteiger partial charge is 0.483 e. The minimum Gasteiger partial charge on any atom is -0.483 e. The summed E-state index contributed by atoms with van der Waals surface area (Å²) in [5.41, 5.74) is -1.03. The van der Waals surface area contributed by atoms with Crippen molar-refractivity contribution in [1.82, 2.24) is 19.9 Å². The highest BCUT2D eigenvalue weighted by Gasteiger charge is 2.39. The molecule has 0 spiro atoms. The number of nitrogens with one attached hydrogen (secondary N) is 1. The third-order valence-electron chi connectivity index (χ3n) is 6.89. The summed E-state index contributed by atoms with van der Waals surface area (Å²) in [6, 6.07) is 6.96. The molecule has 1 aliphatic rings. The zero-order valence-corrected chi connectivity index (χ0v) is 23.5. The molecule has 0 aliphatic carbocycles. The van der Waals surface area contributed by atoms with Gasteiger partial charge in [-0.25, -0.2) is 32.2 Å². The number of carbonyl (C=O) groups is 1. The minimum atomic E-state index is -4.62. The van der Waals surface area contributed by atoms with Crippen molar-refractivity contribution in [3.05, 3.63) is 71.9 Å². The van der Waals surface area contributed by atoms with E-state index in [1.807, 2.05) is 23.7 Å². The monoisotopic (exact) mass is 616 g/mol. The molecule has 42 heavy (non-hydrogen) atoms. The predicted octanol–water partition coefficient (Wildman–Crippen LogP) is 4.20. The van der Waals surface area contributed by atoms with Crippen LogP contribution in [0.1, 0.15) is 30.7 Å². The highest BCUT2D eigenvalue weighted by molar-refractivity contribution is 7.92. The number of anilines is 2. The van der Waals surface area contributed by atoms with Gasteiger partial charge in [-0.3, -0.25) is 9.52 Å². The van der Waals surface area contributed by atoms with Crippen molar-refractivity contribution in [3.8, 4) is 0 Å². The van der Waals surface area contributed by atoms with Gasteiger partial charge in [-0.1, -0.05) is 6.07 Å². The van der Waals surface area contributed by atoms with Crippen LogP contribution in [0.4, 0.5) is 33.5 Å². The molecule has 0 radical (unpaired) electrons. The number of pyridine rings is 1. The van der Waals surface area contributed by atoms with Gasteiger partial charge in [-0.2, -0.15) is 13.2 Å². The Morgan fingerprint density at radius 3 is 2.40 bits per heavy atom. The lowest BCUT2D eigenvalue weighted by Gasteiger charge is -2.48. The maximum atomic E-state index is 15.1. The zero-order valence-electron chi connectivity index (χ0n) is 22.6. The van der Waals surface area contributed by atoms with Gasteiger partial charge in [0.05, 0.1) is 0 Å². The van der Waals surface area contributed by atoms with Crippen LogP contribution < -0.4 is 9.62 Å². The van der Waals surface area contributed by atoms with Crippen LogP contribution in [0.15, 0.2) is 53.8 Å². The molecular formula is C26H29F5N6O4S. The second kappa shape index (κ2) is 13.4. The quantitative estimate of drug-likeness (QED) is 0.283. The van der Waals surface area contributed by atoms with Gasteiger partial charge in [0.2, 0.25) is 0 Å². The van der Waals surface area contributed by atoms with Crippen molar-refractivity contribution in [1.29, 1.82) is 0 Å². The molecule has 16 heteroatoms. The maximum Gasteiger partial charge on any atom is 0.433 e. The lowest BCUT2D eigenvalue weighted by molar-refractivity contribution is -0.141. The van der Waals surface area contributed by atoms with Crippen LogP contribution in [0, 0.1) is 11.6 Å². The second-order valence-corrected chi connectivity index (χ2v) is 11.3. The number of likely N-dealkylation sites (N-methyl/N-ethyl adjacent to an activating group) is 1. The summed E-state index contributed by atoms with van der Waals surface area (Å²) in [7, 11) is -0.924. The Bertz CT molecular complexity index is 1450. The summed E-state index contributed by atoms with van der Waals surface area (Å²) in [5.74, 6) is -2.67. The van der Waals surface area contributed by atoms with Crippen molar-refractivity contribution < 1.29 is 40.3 Å². The van der Waals surface area contributed by atoms with E-state index in [1.54, 1.807) is 11.0 Å². The standard InChI is InChI=1S/C25H27F5N6O2S.CH2O2/c1-35(2)24(10-7-17-5-3-6-21(33-17)25(28,29)30)9-4-12-36(15-24)18-13-19(26)23(20(27)14-18)39(37,38)34-22-8-11-31-16-32-22;2-1-3/h3,5-6,8,11,13-14,16H,4,7,9-10,12,15H2,1-2H3,(H,31,32,34);1H,(H,2,3)/t24-;/m0./s1. The SMILES string of the molecule is CN(C)[C@]1(CCc2cccc(C(F)(F)F)n2)CCCN(c2cc(F)c(S(=O)(=O)Nc3ccncn3)c(F)c2)C1.O=CO. The molecule has 0 saturated carbocycles. The normalized spacial score (nSPS) is 17.4. The van der Waals surface area contributed by atoms with Crippen LogP contribution in [0.2, 0.25) is 0 Å². The molecule has 1 aromatic carbocycles. The minimum absolute atomic E-state index is 0.144. The number of piperidine rings is 1. The van der Waals surface area contributed by atoms with Crippen molar-refractivity contribution in [2.75, 3.05) is 36.8 Å². The fourth-order valence-electron chi connectivity index (χ4n) is 4.79. The number of benzene rings is 1. The van der Waals surface area contributed by atoms with Crippen LogP contribution in [0.5, 0.6) is 0 Å². The number of halogens is 5. The Labute approximate surface area is 239 Å². The summed E-state index contributed by atoms with van der Waals surface area (Å²) < 4.78 is 96.9. The number of rotatable bonds is 8. The average Bonchev–Trinajstić information content (AvgIpc) is 2.92. The lowest BCUT2D eigenvalue weighted by Crippen LogP contribution is -2.56. The Morgan fingerprint density at radius 1 is 1.17 bits per heavy atom. The number of alkyl halides is 3. The molecule has 1 atom stereocenters. The highest BCUT2D eigenvalue weighted by Crippen LogP contribution is 2.35. The molecule has 2 aromatic heterocycles. The summed E-state index contributed by atoms with van der Waals surface area (Å²) in [4.78, 5) is 22.1. The number of hydrogen-bond donors (Lipinski definition) is 2. The van der Waals surface area contributed by atoms with Crippen LogP contribution in [0.3, 0.4) is 0 Å². The molecule has 4 rings (SSSR count). The number of aryl methyl sites for hydroxylation is 1. The molecule has 1 fully saturated rings. The second-order valence-electron chi connectivity index (χ2n) is 9.70. The molecule has 1 saturated heterocycles. The molecule has 1 aliphatic heterocycles. The van der Waals surface area contributed by atoms with Gasteiger partial charge >= 0.3 is 6.18 Å². The first kappa shape index (κ1) is 32.6. The molecule has 228 valence electrons. The van der Waals surface area contributed by atoms with Gasteiger partial charge in [-0.15, -0.1) is 0 Å². The van der Waals surface area contributed by atoms with E-state index in [1.165, 1.54) is 18.3 Å². The molecule has 0 unspecified atom stereocenters. The summed E-state index contributed by atoms with van der Waals surface area (Å²) in [5, 5.41) is 6.89. The molecule has 2 N–H and O–H groups in total. The van der Waals surface area contributed by atoms with Crippen molar-refractivity contribution >= 4 is 28.0 Å². The van der Waals surface area contributed by atoms with E-state index >= 15 is 8.78 Å². The van der Waals surface area contributed by atoms with E-state index in [9.17, 15) is 21.6 Å². The number of aromatic nitrogens is 3. The van der Waals surface area contributed by atoms with E-state index in [0.29, 0.717) is 38.0 Å². The Morgan fingerprint density at radius 2 is 1.83 bits per heavy atom. The van der Waals surface area contributed by atoms with Crippen LogP contribution in [0.25, 0.3) is 0 Å². The summed E-state index contributed by atoms with van der Waals surface area (Å²) in [6.07, 6.45) is -0.117. The molecule has 0 amide bonds. The van der Waals surface area contributed by atoms with Crippen LogP contribution >= 0.6 is 0 Å². The maximum absolute atomic E-state index is 15.1. The fourth-order valence-corrected chi connectivity index (χ4v) is 5.92. The van der Waals surface area contributed by atoms with E-state index < -0.39 is 44.0 Å². The van der Waals surface area contributed by atoms with E-state index in [2.05, 4.69) is 15.0 Å². The first-order valence-electron chi connectivity index (χ1n) is 12.5. The molecule has 10 nitrogen and oxygen atoms in total. The number of sulfonamides is 1. The van der Waals surface area contributed by atoms with Crippen molar-refractivity contribution in [3.63, 3.8) is 0 Å². The average molecular weight is 617 g/mol. The van der Waals surface area contributed by atoms with Crippen molar-refractivity contribution in [2.24, 2.45) is 0 Å². The highest BCUT2D eigenvalue weighted by atomic mass is 32.2. The van der Waals surface area contributed by atoms with Crippen molar-refractivity contribution in [2.45, 2.75) is 42.3 Å². The third-order valence-corrected chi connectivity index (χ3v) is 8.29. The van der Waals surface area contributed by atoms with Gasteiger partial charge in [0.25, 0.3) is 16.5 Å². The predicted molar refractivity (Wildman–Crippen MR) is 143 cm³/mol. The zero-order chi connectivity index (χ0) is 31.1. The third kappa shape index (κ3) is 7.88. The van der Waals surface area contributed by atoms with Gasteiger partial charge in [0.15, 0.2) is 4.90 Å². The van der Waals surface area contributed by atoms with E-state index in [4.69, 9.17) is 9.90 Å². The summed E-state index contributed by atoms with van der Waals surface area (Å²) in [6.45, 7) is 0.532. The number of nitrogens with zero attached hydrogens (tertiary/aromatic N) is 5. The smallest absolute Gasteiger partial charge is 0.433 e. The van der Waals surface area contributed by atoms with Gasteiger partial charge in [-0.05, 0) is 70.1 Å². The fraction of sp³-hybridized carbons (Fsp3) is 0.385. The molecule has 3 heterocycles. The number of carboxylic acid groups (broad SMARTS) is 1. The van der Waals surface area contributed by atoms with Gasteiger partial charge in [0.1, 0.15) is 29.5 Å². The first-order valence-corrected chi connectivity index (χ1v) is 14.0. The number of hydrogen-bond acceptors (Lipinski definition) is 8. The Balaban J connectivity index is 0.00000155. The molecular weight excluding hydrogens is 587 g/mol. The van der Waals surface area contributed by atoms with Crippen LogP contribution in [-0.4, -0.2) is 72.6 Å². The Kier molecular flexibility index (Phi) is 10.4. The lowest BCUT2D eigenvalue weighted by atomic mass is 9.82. The first-order chi connectivity index (χ1) is 19.7. The Hall–Kier alpha value is -3.92. The molecule has 3 aromatic rings. The topological polar surface area (TPSA) is 129 Å². The van der Waals surface area contributed by atoms with Gasteiger partial charge in [0, 0.05) is 36.2 Å². The van der Waals surface area contributed by atoms with Crippen LogP contribution in [-0.2, 0) is 27.4 Å².